The van der Waals surface area contributed by atoms with Crippen LogP contribution >= 0.6 is 11.3 Å². The van der Waals surface area contributed by atoms with Crippen LogP contribution in [0.3, 0.4) is 0 Å². The first-order valence-electron chi connectivity index (χ1n) is 5.01. The minimum Gasteiger partial charge on any atom is -0.481 e. The molecular weight excluding hydrogens is 210 g/mol. The lowest BCUT2D eigenvalue weighted by atomic mass is 9.76. The largest absolute Gasteiger partial charge is 0.481 e. The van der Waals surface area contributed by atoms with Crippen LogP contribution < -0.4 is 0 Å². The van der Waals surface area contributed by atoms with E-state index in [-0.39, 0.29) is 5.92 Å². The predicted molar refractivity (Wildman–Crippen MR) is 61.1 cm³/mol. The highest BCUT2D eigenvalue weighted by Gasteiger charge is 2.37. The number of nitrogens with zero attached hydrogens (tertiary/aromatic N) is 1. The highest BCUT2D eigenvalue weighted by Crippen LogP contribution is 2.33. The lowest BCUT2D eigenvalue weighted by Gasteiger charge is -2.28. The van der Waals surface area contributed by atoms with Crippen molar-refractivity contribution in [3.63, 3.8) is 0 Å². The summed E-state index contributed by atoms with van der Waals surface area (Å²) in [5, 5.41) is 10.2. The zero-order valence-corrected chi connectivity index (χ0v) is 10.4. The molecule has 1 aromatic heterocycles. The molecule has 1 aromatic rings. The summed E-state index contributed by atoms with van der Waals surface area (Å²) in [6, 6.07) is 0. The van der Waals surface area contributed by atoms with Crippen molar-refractivity contribution in [1.29, 1.82) is 0 Å². The van der Waals surface area contributed by atoms with Crippen molar-refractivity contribution in [2.75, 3.05) is 0 Å². The van der Waals surface area contributed by atoms with Crippen LogP contribution in [-0.2, 0) is 11.2 Å². The average molecular weight is 227 g/mol. The standard InChI is InChI=1S/C11H17NO2S/c1-7(2)11(4,10(13)14)5-9-6-12-8(3)15-9/h6-7H,5H2,1-4H3,(H,13,14). The lowest BCUT2D eigenvalue weighted by molar-refractivity contribution is -0.150. The van der Waals surface area contributed by atoms with E-state index < -0.39 is 11.4 Å². The summed E-state index contributed by atoms with van der Waals surface area (Å²) < 4.78 is 0. The summed E-state index contributed by atoms with van der Waals surface area (Å²) in [5.74, 6) is -0.624. The number of carboxylic acid groups (broad SMARTS) is 1. The van der Waals surface area contributed by atoms with Crippen molar-refractivity contribution in [2.45, 2.75) is 34.1 Å². The minimum atomic E-state index is -0.733. The monoisotopic (exact) mass is 227 g/mol. The molecule has 1 N–H and O–H groups in total. The van der Waals surface area contributed by atoms with Crippen molar-refractivity contribution in [1.82, 2.24) is 4.98 Å². The Hall–Kier alpha value is -0.900. The van der Waals surface area contributed by atoms with E-state index in [0.29, 0.717) is 6.42 Å². The fraction of sp³-hybridized carbons (Fsp3) is 0.636. The number of carbonyl (C=O) groups is 1. The second-order valence-corrected chi connectivity index (χ2v) is 5.72. The normalized spacial score (nSPS) is 15.3. The molecule has 0 bridgehead atoms. The van der Waals surface area contributed by atoms with Crippen LogP contribution in [0.1, 0.15) is 30.7 Å². The van der Waals surface area contributed by atoms with Crippen LogP contribution in [0.2, 0.25) is 0 Å². The maximum Gasteiger partial charge on any atom is 0.309 e. The Labute approximate surface area is 94.2 Å². The average Bonchev–Trinajstić information content (AvgIpc) is 2.50. The van der Waals surface area contributed by atoms with Gasteiger partial charge < -0.3 is 5.11 Å². The SMILES string of the molecule is Cc1ncc(CC(C)(C(=O)O)C(C)C)s1. The van der Waals surface area contributed by atoms with Gasteiger partial charge in [0.25, 0.3) is 0 Å². The zero-order chi connectivity index (χ0) is 11.6. The molecule has 0 aliphatic rings. The molecule has 0 amide bonds. The lowest BCUT2D eigenvalue weighted by Crippen LogP contribution is -2.35. The van der Waals surface area contributed by atoms with Crippen molar-refractivity contribution in [2.24, 2.45) is 11.3 Å². The first-order chi connectivity index (χ1) is 6.86. The Bertz CT molecular complexity index is 359. The van der Waals surface area contributed by atoms with Gasteiger partial charge >= 0.3 is 5.97 Å². The van der Waals surface area contributed by atoms with Crippen molar-refractivity contribution in [3.05, 3.63) is 16.1 Å². The van der Waals surface area contributed by atoms with Crippen molar-refractivity contribution in [3.8, 4) is 0 Å². The highest BCUT2D eigenvalue weighted by atomic mass is 32.1. The molecule has 0 saturated carbocycles. The summed E-state index contributed by atoms with van der Waals surface area (Å²) in [6.07, 6.45) is 2.34. The highest BCUT2D eigenvalue weighted by molar-refractivity contribution is 7.11. The van der Waals surface area contributed by atoms with Crippen LogP contribution in [0, 0.1) is 18.3 Å². The second-order valence-electron chi connectivity index (χ2n) is 4.40. The van der Waals surface area contributed by atoms with E-state index in [4.69, 9.17) is 0 Å². The molecule has 0 aliphatic carbocycles. The predicted octanol–water partition coefficient (Wildman–Crippen LogP) is 2.74. The number of hydrogen-bond acceptors (Lipinski definition) is 3. The summed E-state index contributed by atoms with van der Waals surface area (Å²) in [5.41, 5.74) is -0.695. The Morgan fingerprint density at radius 2 is 2.27 bits per heavy atom. The molecule has 0 fully saturated rings. The molecule has 0 aromatic carbocycles. The van der Waals surface area contributed by atoms with Gasteiger partial charge in [-0.15, -0.1) is 11.3 Å². The molecule has 4 heteroatoms. The van der Waals surface area contributed by atoms with Gasteiger partial charge in [0.1, 0.15) is 0 Å². The Balaban J connectivity index is 2.89. The third-order valence-corrected chi connectivity index (χ3v) is 3.89. The van der Waals surface area contributed by atoms with Gasteiger partial charge in [0.15, 0.2) is 0 Å². The first-order valence-corrected chi connectivity index (χ1v) is 5.82. The fourth-order valence-corrected chi connectivity index (χ4v) is 2.34. The van der Waals surface area contributed by atoms with Crippen molar-refractivity contribution < 1.29 is 9.90 Å². The van der Waals surface area contributed by atoms with Crippen LogP contribution in [0.25, 0.3) is 0 Å². The molecule has 84 valence electrons. The second kappa shape index (κ2) is 4.31. The molecule has 0 radical (unpaired) electrons. The van der Waals surface area contributed by atoms with E-state index in [0.717, 1.165) is 9.88 Å². The van der Waals surface area contributed by atoms with Gasteiger partial charge in [-0.1, -0.05) is 13.8 Å². The molecule has 1 rings (SSSR count). The van der Waals surface area contributed by atoms with Crippen LogP contribution in [0.5, 0.6) is 0 Å². The minimum absolute atomic E-state index is 0.109. The van der Waals surface area contributed by atoms with E-state index in [9.17, 15) is 9.90 Å². The maximum absolute atomic E-state index is 11.3. The third-order valence-electron chi connectivity index (χ3n) is 2.97. The van der Waals surface area contributed by atoms with Gasteiger partial charge in [-0.25, -0.2) is 4.98 Å². The van der Waals surface area contributed by atoms with E-state index in [1.807, 2.05) is 20.8 Å². The number of rotatable bonds is 4. The molecule has 0 aliphatic heterocycles. The van der Waals surface area contributed by atoms with Crippen LogP contribution in [0.15, 0.2) is 6.20 Å². The van der Waals surface area contributed by atoms with E-state index >= 15 is 0 Å². The number of aromatic nitrogens is 1. The number of hydrogen-bond donors (Lipinski definition) is 1. The maximum atomic E-state index is 11.3. The van der Waals surface area contributed by atoms with Gasteiger partial charge in [0, 0.05) is 11.1 Å². The van der Waals surface area contributed by atoms with Crippen LogP contribution in [0.4, 0.5) is 0 Å². The third kappa shape index (κ3) is 2.56. The summed E-state index contributed by atoms with van der Waals surface area (Å²) in [4.78, 5) is 16.5. The van der Waals surface area contributed by atoms with E-state index in [1.165, 1.54) is 0 Å². The van der Waals surface area contributed by atoms with Gasteiger partial charge in [0.2, 0.25) is 0 Å². The molecule has 1 unspecified atom stereocenters. The topological polar surface area (TPSA) is 50.2 Å². The summed E-state index contributed by atoms with van der Waals surface area (Å²) in [7, 11) is 0. The Morgan fingerprint density at radius 1 is 1.67 bits per heavy atom. The fourth-order valence-electron chi connectivity index (χ4n) is 1.38. The molecule has 1 atom stereocenters. The van der Waals surface area contributed by atoms with Crippen LogP contribution in [-0.4, -0.2) is 16.1 Å². The van der Waals surface area contributed by atoms with E-state index in [1.54, 1.807) is 24.5 Å². The molecular formula is C11H17NO2S. The van der Waals surface area contributed by atoms with Crippen molar-refractivity contribution >= 4 is 17.3 Å². The van der Waals surface area contributed by atoms with Gasteiger partial charge in [-0.2, -0.15) is 0 Å². The number of carboxylic acids is 1. The van der Waals surface area contributed by atoms with Gasteiger partial charge in [-0.3, -0.25) is 4.79 Å². The summed E-state index contributed by atoms with van der Waals surface area (Å²) in [6.45, 7) is 7.63. The zero-order valence-electron chi connectivity index (χ0n) is 9.57. The molecule has 0 saturated heterocycles. The number of aryl methyl sites for hydroxylation is 1. The number of aliphatic carboxylic acids is 1. The molecule has 15 heavy (non-hydrogen) atoms. The molecule has 3 nitrogen and oxygen atoms in total. The van der Waals surface area contributed by atoms with Gasteiger partial charge in [-0.05, 0) is 26.2 Å². The Kier molecular flexibility index (Phi) is 3.50. The smallest absolute Gasteiger partial charge is 0.309 e. The quantitative estimate of drug-likeness (QED) is 0.860. The van der Waals surface area contributed by atoms with Gasteiger partial charge in [0.05, 0.1) is 10.4 Å². The molecule has 1 heterocycles. The first kappa shape index (κ1) is 12.2. The molecule has 0 spiro atoms. The van der Waals surface area contributed by atoms with E-state index in [2.05, 4.69) is 4.98 Å². The number of thiazole rings is 1. The summed E-state index contributed by atoms with van der Waals surface area (Å²) >= 11 is 1.57. The Morgan fingerprint density at radius 3 is 2.60 bits per heavy atom.